The van der Waals surface area contributed by atoms with E-state index in [2.05, 4.69) is 5.32 Å². The number of nitrogens with one attached hydrogen (secondary N) is 1. The van der Waals surface area contributed by atoms with Crippen LogP contribution in [0.3, 0.4) is 0 Å². The number of nitrogens with zero attached hydrogens (tertiary/aromatic N) is 1. The molecule has 0 aromatic carbocycles. The van der Waals surface area contributed by atoms with E-state index >= 15 is 0 Å². The topological polar surface area (TPSA) is 99.9 Å². The summed E-state index contributed by atoms with van der Waals surface area (Å²) >= 11 is 0. The lowest BCUT2D eigenvalue weighted by Gasteiger charge is -2.18. The predicted octanol–water partition coefficient (Wildman–Crippen LogP) is 0.331. The average molecular weight is 280 g/mol. The molecule has 1 heterocycles. The molecule has 0 aliphatic heterocycles. The van der Waals surface area contributed by atoms with Gasteiger partial charge in [0.05, 0.1) is 12.8 Å². The van der Waals surface area contributed by atoms with E-state index in [0.717, 1.165) is 12.8 Å². The van der Waals surface area contributed by atoms with Crippen molar-refractivity contribution in [1.29, 1.82) is 0 Å². The summed E-state index contributed by atoms with van der Waals surface area (Å²) in [4.78, 5) is 35.8. The van der Waals surface area contributed by atoms with Crippen LogP contribution in [0, 0.1) is 5.92 Å². The SMILES string of the molecule is CN(CC(=O)NC(C(=O)O)C1CC1)C(=O)c1ccco1. The van der Waals surface area contributed by atoms with Crippen LogP contribution >= 0.6 is 0 Å². The minimum atomic E-state index is -1.04. The van der Waals surface area contributed by atoms with Gasteiger partial charge in [0, 0.05) is 7.05 Å². The number of carbonyl (C=O) groups excluding carboxylic acids is 2. The summed E-state index contributed by atoms with van der Waals surface area (Å²) in [7, 11) is 1.46. The molecule has 1 atom stereocenters. The molecule has 2 amide bonds. The maximum absolute atomic E-state index is 11.8. The molecule has 1 aromatic rings. The summed E-state index contributed by atoms with van der Waals surface area (Å²) in [6, 6.07) is 2.21. The molecule has 20 heavy (non-hydrogen) atoms. The second-order valence-corrected chi connectivity index (χ2v) is 4.86. The van der Waals surface area contributed by atoms with Crippen LogP contribution in [0.15, 0.2) is 22.8 Å². The Morgan fingerprint density at radius 3 is 2.70 bits per heavy atom. The zero-order valence-electron chi connectivity index (χ0n) is 11.0. The lowest BCUT2D eigenvalue weighted by molar-refractivity contribution is -0.142. The van der Waals surface area contributed by atoms with Crippen molar-refractivity contribution in [2.75, 3.05) is 13.6 Å². The molecular formula is C13H16N2O5. The third-order valence-corrected chi connectivity index (χ3v) is 3.14. The fraction of sp³-hybridized carbons (Fsp3) is 0.462. The predicted molar refractivity (Wildman–Crippen MR) is 68.0 cm³/mol. The Morgan fingerprint density at radius 2 is 2.20 bits per heavy atom. The van der Waals surface area contributed by atoms with E-state index in [1.807, 2.05) is 0 Å². The van der Waals surface area contributed by atoms with Gasteiger partial charge in [-0.1, -0.05) is 0 Å². The maximum atomic E-state index is 11.8. The molecule has 1 unspecified atom stereocenters. The van der Waals surface area contributed by atoms with E-state index in [1.54, 1.807) is 6.07 Å². The van der Waals surface area contributed by atoms with Gasteiger partial charge in [-0.2, -0.15) is 0 Å². The average Bonchev–Trinajstić information content (AvgIpc) is 3.08. The molecule has 7 heteroatoms. The summed E-state index contributed by atoms with van der Waals surface area (Å²) in [6.45, 7) is -0.212. The largest absolute Gasteiger partial charge is 0.480 e. The van der Waals surface area contributed by atoms with Gasteiger partial charge in [-0.15, -0.1) is 0 Å². The van der Waals surface area contributed by atoms with Crippen molar-refractivity contribution in [2.45, 2.75) is 18.9 Å². The van der Waals surface area contributed by atoms with Crippen molar-refractivity contribution in [2.24, 2.45) is 5.92 Å². The van der Waals surface area contributed by atoms with Crippen LogP contribution in [-0.2, 0) is 9.59 Å². The Balaban J connectivity index is 1.87. The van der Waals surface area contributed by atoms with Gasteiger partial charge in [0.15, 0.2) is 5.76 Å². The van der Waals surface area contributed by atoms with E-state index in [-0.39, 0.29) is 18.2 Å². The standard InChI is InChI=1S/C13H16N2O5/c1-15(12(17)9-3-2-6-20-9)7-10(16)14-11(13(18)19)8-4-5-8/h2-3,6,8,11H,4-5,7H2,1H3,(H,14,16)(H,18,19). The normalized spacial score (nSPS) is 15.4. The van der Waals surface area contributed by atoms with Gasteiger partial charge in [0.25, 0.3) is 5.91 Å². The Kier molecular flexibility index (Phi) is 4.07. The van der Waals surface area contributed by atoms with Crippen LogP contribution in [0.5, 0.6) is 0 Å². The number of hydrogen-bond acceptors (Lipinski definition) is 4. The highest BCUT2D eigenvalue weighted by atomic mass is 16.4. The highest BCUT2D eigenvalue weighted by Crippen LogP contribution is 2.32. The molecule has 2 rings (SSSR count). The number of amides is 2. The van der Waals surface area contributed by atoms with E-state index < -0.39 is 23.8 Å². The number of rotatable bonds is 6. The highest BCUT2D eigenvalue weighted by molar-refractivity contribution is 5.94. The third kappa shape index (κ3) is 3.37. The number of carboxylic acid groups (broad SMARTS) is 1. The molecule has 0 saturated heterocycles. The molecule has 1 fully saturated rings. The second kappa shape index (κ2) is 5.77. The van der Waals surface area contributed by atoms with Crippen molar-refractivity contribution in [1.82, 2.24) is 10.2 Å². The fourth-order valence-corrected chi connectivity index (χ4v) is 1.91. The van der Waals surface area contributed by atoms with Gasteiger partial charge in [-0.25, -0.2) is 4.79 Å². The number of furan rings is 1. The van der Waals surface area contributed by atoms with Crippen molar-refractivity contribution in [3.8, 4) is 0 Å². The second-order valence-electron chi connectivity index (χ2n) is 4.86. The quantitative estimate of drug-likeness (QED) is 0.782. The highest BCUT2D eigenvalue weighted by Gasteiger charge is 2.37. The van der Waals surface area contributed by atoms with E-state index in [0.29, 0.717) is 0 Å². The summed E-state index contributed by atoms with van der Waals surface area (Å²) in [6.07, 6.45) is 2.98. The van der Waals surface area contributed by atoms with Gasteiger partial charge in [-0.3, -0.25) is 9.59 Å². The van der Waals surface area contributed by atoms with Crippen LogP contribution in [0.25, 0.3) is 0 Å². The first kappa shape index (κ1) is 14.1. The smallest absolute Gasteiger partial charge is 0.326 e. The summed E-state index contributed by atoms with van der Waals surface area (Å²) < 4.78 is 4.95. The Bertz CT molecular complexity index is 507. The molecule has 0 bridgehead atoms. The number of carboxylic acids is 1. The summed E-state index contributed by atoms with van der Waals surface area (Å²) in [5.74, 6) is -1.82. The van der Waals surface area contributed by atoms with E-state index in [1.165, 1.54) is 24.3 Å². The van der Waals surface area contributed by atoms with Gasteiger partial charge >= 0.3 is 5.97 Å². The van der Waals surface area contributed by atoms with Crippen molar-refractivity contribution >= 4 is 17.8 Å². The first-order valence-corrected chi connectivity index (χ1v) is 6.30. The molecule has 1 aliphatic rings. The molecule has 0 spiro atoms. The first-order chi connectivity index (χ1) is 9.49. The Morgan fingerprint density at radius 1 is 1.50 bits per heavy atom. The summed E-state index contributed by atoms with van der Waals surface area (Å²) in [5, 5.41) is 11.5. The maximum Gasteiger partial charge on any atom is 0.326 e. The molecule has 1 saturated carbocycles. The van der Waals surface area contributed by atoms with Crippen molar-refractivity contribution < 1.29 is 23.9 Å². The first-order valence-electron chi connectivity index (χ1n) is 6.30. The molecule has 1 aliphatic carbocycles. The van der Waals surface area contributed by atoms with Crippen molar-refractivity contribution in [3.05, 3.63) is 24.2 Å². The van der Waals surface area contributed by atoms with Gasteiger partial charge in [0.2, 0.25) is 5.91 Å². The number of carbonyl (C=O) groups is 3. The molecule has 0 radical (unpaired) electrons. The monoisotopic (exact) mass is 280 g/mol. The Hall–Kier alpha value is -2.31. The Labute approximate surface area is 115 Å². The van der Waals surface area contributed by atoms with E-state index in [4.69, 9.17) is 9.52 Å². The van der Waals surface area contributed by atoms with Gasteiger partial charge < -0.3 is 19.7 Å². The molecule has 2 N–H and O–H groups in total. The number of aliphatic carboxylic acids is 1. The summed E-state index contributed by atoms with van der Waals surface area (Å²) in [5.41, 5.74) is 0. The molecule has 1 aromatic heterocycles. The third-order valence-electron chi connectivity index (χ3n) is 3.14. The van der Waals surface area contributed by atoms with Crippen LogP contribution in [0.4, 0.5) is 0 Å². The zero-order chi connectivity index (χ0) is 14.7. The molecule has 108 valence electrons. The van der Waals surface area contributed by atoms with E-state index in [9.17, 15) is 14.4 Å². The molecule has 7 nitrogen and oxygen atoms in total. The minimum absolute atomic E-state index is 0.00234. The van der Waals surface area contributed by atoms with Crippen LogP contribution in [0.2, 0.25) is 0 Å². The fourth-order valence-electron chi connectivity index (χ4n) is 1.91. The number of hydrogen-bond donors (Lipinski definition) is 2. The van der Waals surface area contributed by atoms with Crippen molar-refractivity contribution in [3.63, 3.8) is 0 Å². The van der Waals surface area contributed by atoms with Crippen LogP contribution < -0.4 is 5.32 Å². The van der Waals surface area contributed by atoms with Gasteiger partial charge in [-0.05, 0) is 30.9 Å². The molecular weight excluding hydrogens is 264 g/mol. The lowest BCUT2D eigenvalue weighted by atomic mass is 10.2. The lowest BCUT2D eigenvalue weighted by Crippen LogP contribution is -2.47. The van der Waals surface area contributed by atoms with Crippen LogP contribution in [-0.4, -0.2) is 47.4 Å². The van der Waals surface area contributed by atoms with Gasteiger partial charge in [0.1, 0.15) is 6.04 Å². The minimum Gasteiger partial charge on any atom is -0.480 e. The number of likely N-dealkylation sites (N-methyl/N-ethyl adjacent to an activating group) is 1. The van der Waals surface area contributed by atoms with Crippen LogP contribution in [0.1, 0.15) is 23.4 Å². The zero-order valence-corrected chi connectivity index (χ0v) is 11.0.